The van der Waals surface area contributed by atoms with Gasteiger partial charge in [-0.2, -0.15) is 0 Å². The molecule has 0 aliphatic rings. The number of carbonyl (C=O) groups is 1. The van der Waals surface area contributed by atoms with Crippen molar-refractivity contribution in [3.63, 3.8) is 0 Å². The Hall–Kier alpha value is -2.45. The van der Waals surface area contributed by atoms with Crippen molar-refractivity contribution in [2.45, 2.75) is 16.1 Å². The number of benzene rings is 2. The highest BCUT2D eigenvalue weighted by molar-refractivity contribution is 8.01. The van der Waals surface area contributed by atoms with Crippen LogP contribution in [0.25, 0.3) is 0 Å². The average Bonchev–Trinajstić information content (AvgIpc) is 3.07. The van der Waals surface area contributed by atoms with Crippen LogP contribution < -0.4 is 11.1 Å². The van der Waals surface area contributed by atoms with Crippen molar-refractivity contribution in [2.24, 2.45) is 5.73 Å². The molecule has 0 radical (unpaired) electrons. The van der Waals surface area contributed by atoms with Gasteiger partial charge in [0.05, 0.1) is 0 Å². The third-order valence-corrected chi connectivity index (χ3v) is 5.58. The van der Waals surface area contributed by atoms with Crippen LogP contribution in [-0.2, 0) is 11.3 Å². The van der Waals surface area contributed by atoms with Crippen LogP contribution in [0, 0.1) is 5.82 Å². The fraction of sp³-hybridized carbons (Fsp3) is 0.118. The van der Waals surface area contributed by atoms with Crippen LogP contribution in [0.15, 0.2) is 58.9 Å². The number of hydrogen-bond donors (Lipinski definition) is 2. The van der Waals surface area contributed by atoms with E-state index in [-0.39, 0.29) is 5.82 Å². The highest BCUT2D eigenvalue weighted by atomic mass is 32.2. The second-order valence-corrected chi connectivity index (χ2v) is 7.49. The Morgan fingerprint density at radius 2 is 1.88 bits per heavy atom. The largest absolute Gasteiger partial charge is 0.368 e. The molecule has 1 aromatic heterocycles. The summed E-state index contributed by atoms with van der Waals surface area (Å²) in [7, 11) is 0. The summed E-state index contributed by atoms with van der Waals surface area (Å²) in [6, 6.07) is 15.6. The molecule has 5 nitrogen and oxygen atoms in total. The summed E-state index contributed by atoms with van der Waals surface area (Å²) in [4.78, 5) is 11.8. The van der Waals surface area contributed by atoms with Crippen LogP contribution in [0.1, 0.15) is 16.4 Å². The highest BCUT2D eigenvalue weighted by Gasteiger charge is 2.21. The van der Waals surface area contributed by atoms with Crippen LogP contribution in [0.3, 0.4) is 0 Å². The predicted octanol–water partition coefficient (Wildman–Crippen LogP) is 3.61. The van der Waals surface area contributed by atoms with Gasteiger partial charge in [0.25, 0.3) is 0 Å². The molecule has 0 aliphatic carbocycles. The molecule has 3 N–H and O–H groups in total. The Morgan fingerprint density at radius 1 is 1.16 bits per heavy atom. The summed E-state index contributed by atoms with van der Waals surface area (Å²) in [5.74, 6) is -0.691. The van der Waals surface area contributed by atoms with Crippen molar-refractivity contribution in [2.75, 3.05) is 5.32 Å². The lowest BCUT2D eigenvalue weighted by atomic mass is 10.1. The predicted molar refractivity (Wildman–Crippen MR) is 97.9 cm³/mol. The third-order valence-electron chi connectivity index (χ3n) is 3.34. The molecule has 8 heteroatoms. The maximum atomic E-state index is 12.9. The zero-order valence-electron chi connectivity index (χ0n) is 13.1. The number of nitrogens with one attached hydrogen (secondary N) is 1. The quantitative estimate of drug-likeness (QED) is 0.618. The zero-order chi connectivity index (χ0) is 17.6. The second-order valence-electron chi connectivity index (χ2n) is 5.16. The third kappa shape index (κ3) is 4.77. The Bertz CT molecular complexity index is 839. The van der Waals surface area contributed by atoms with Gasteiger partial charge in [-0.15, -0.1) is 10.2 Å². The molecule has 0 spiro atoms. The molecule has 1 heterocycles. The van der Waals surface area contributed by atoms with Gasteiger partial charge in [-0.25, -0.2) is 4.39 Å². The van der Waals surface area contributed by atoms with Gasteiger partial charge < -0.3 is 11.1 Å². The average molecular weight is 374 g/mol. The van der Waals surface area contributed by atoms with E-state index in [1.54, 1.807) is 12.1 Å². The summed E-state index contributed by atoms with van der Waals surface area (Å²) in [6.45, 7) is 0.511. The smallest absolute Gasteiger partial charge is 0.235 e. The van der Waals surface area contributed by atoms with E-state index in [2.05, 4.69) is 15.5 Å². The van der Waals surface area contributed by atoms with Gasteiger partial charge in [-0.3, -0.25) is 4.79 Å². The monoisotopic (exact) mass is 374 g/mol. The summed E-state index contributed by atoms with van der Waals surface area (Å²) >= 11 is 2.62. The summed E-state index contributed by atoms with van der Waals surface area (Å²) in [6.07, 6.45) is 0. The molecule has 3 rings (SSSR count). The first kappa shape index (κ1) is 17.4. The standard InChI is InChI=1S/C17H15FN4OS2/c18-13-8-6-11(7-9-13)10-20-16-21-22-17(25-16)24-14(15(19)23)12-4-2-1-3-5-12/h1-9,14H,10H2,(H2,19,23)(H,20,21). The fourth-order valence-corrected chi connectivity index (χ4v) is 4.02. The van der Waals surface area contributed by atoms with E-state index >= 15 is 0 Å². The van der Waals surface area contributed by atoms with Gasteiger partial charge in [-0.1, -0.05) is 65.6 Å². The van der Waals surface area contributed by atoms with Gasteiger partial charge in [0, 0.05) is 6.54 Å². The molecule has 1 atom stereocenters. The first-order valence-corrected chi connectivity index (χ1v) is 9.14. The molecule has 1 amide bonds. The number of thioether (sulfide) groups is 1. The minimum Gasteiger partial charge on any atom is -0.368 e. The Balaban J connectivity index is 1.64. The van der Waals surface area contributed by atoms with Crippen molar-refractivity contribution in [3.8, 4) is 0 Å². The van der Waals surface area contributed by atoms with Crippen LogP contribution in [-0.4, -0.2) is 16.1 Å². The first-order valence-electron chi connectivity index (χ1n) is 7.44. The number of nitrogens with two attached hydrogens (primary N) is 1. The van der Waals surface area contributed by atoms with E-state index in [9.17, 15) is 9.18 Å². The number of carbonyl (C=O) groups excluding carboxylic acids is 1. The van der Waals surface area contributed by atoms with E-state index in [0.29, 0.717) is 16.0 Å². The summed E-state index contributed by atoms with van der Waals surface area (Å²) in [5, 5.41) is 11.4. The highest BCUT2D eigenvalue weighted by Crippen LogP contribution is 2.37. The number of hydrogen-bond acceptors (Lipinski definition) is 6. The van der Waals surface area contributed by atoms with Gasteiger partial charge in [-0.05, 0) is 23.3 Å². The number of primary amides is 1. The number of aromatic nitrogens is 2. The molecule has 2 aromatic carbocycles. The van der Waals surface area contributed by atoms with Crippen molar-refractivity contribution in [1.29, 1.82) is 0 Å². The fourth-order valence-electron chi connectivity index (χ4n) is 2.13. The molecule has 0 fully saturated rings. The maximum absolute atomic E-state index is 12.9. The zero-order valence-corrected chi connectivity index (χ0v) is 14.7. The summed E-state index contributed by atoms with van der Waals surface area (Å²) < 4.78 is 13.5. The Morgan fingerprint density at radius 3 is 2.56 bits per heavy atom. The SMILES string of the molecule is NC(=O)C(Sc1nnc(NCc2ccc(F)cc2)s1)c1ccccc1. The van der Waals surface area contributed by atoms with E-state index in [4.69, 9.17) is 5.73 Å². The number of halogens is 1. The van der Waals surface area contributed by atoms with E-state index in [0.717, 1.165) is 11.1 Å². The van der Waals surface area contributed by atoms with Crippen molar-refractivity contribution in [3.05, 3.63) is 71.5 Å². The minimum atomic E-state index is -0.515. The minimum absolute atomic E-state index is 0.267. The number of amides is 1. The van der Waals surface area contributed by atoms with E-state index in [1.807, 2.05) is 30.3 Å². The first-order chi connectivity index (χ1) is 12.1. The molecule has 3 aromatic rings. The van der Waals surface area contributed by atoms with E-state index in [1.165, 1.54) is 35.2 Å². The molecule has 0 bridgehead atoms. The lowest BCUT2D eigenvalue weighted by molar-refractivity contribution is -0.117. The van der Waals surface area contributed by atoms with Gasteiger partial charge in [0.15, 0.2) is 4.34 Å². The van der Waals surface area contributed by atoms with Gasteiger partial charge >= 0.3 is 0 Å². The molecule has 0 saturated heterocycles. The molecular weight excluding hydrogens is 359 g/mol. The van der Waals surface area contributed by atoms with E-state index < -0.39 is 11.2 Å². The number of anilines is 1. The van der Waals surface area contributed by atoms with Crippen molar-refractivity contribution < 1.29 is 9.18 Å². The number of rotatable bonds is 7. The van der Waals surface area contributed by atoms with Crippen LogP contribution in [0.2, 0.25) is 0 Å². The molecule has 25 heavy (non-hydrogen) atoms. The van der Waals surface area contributed by atoms with Gasteiger partial charge in [0.1, 0.15) is 11.1 Å². The lowest BCUT2D eigenvalue weighted by Gasteiger charge is -2.10. The molecular formula is C17H15FN4OS2. The summed E-state index contributed by atoms with van der Waals surface area (Å²) in [5.41, 5.74) is 7.29. The van der Waals surface area contributed by atoms with Crippen LogP contribution in [0.4, 0.5) is 9.52 Å². The van der Waals surface area contributed by atoms with Crippen molar-refractivity contribution >= 4 is 34.1 Å². The second kappa shape index (κ2) is 8.09. The van der Waals surface area contributed by atoms with Gasteiger partial charge in [0.2, 0.25) is 11.0 Å². The number of nitrogens with zero attached hydrogens (tertiary/aromatic N) is 2. The normalized spacial score (nSPS) is 11.9. The van der Waals surface area contributed by atoms with Crippen molar-refractivity contribution in [1.82, 2.24) is 10.2 Å². The Kier molecular flexibility index (Phi) is 5.62. The van der Waals surface area contributed by atoms with Crippen LogP contribution >= 0.6 is 23.1 Å². The molecule has 0 saturated carbocycles. The topological polar surface area (TPSA) is 80.9 Å². The maximum Gasteiger partial charge on any atom is 0.235 e. The Labute approximate surface area is 152 Å². The lowest BCUT2D eigenvalue weighted by Crippen LogP contribution is -2.18. The molecule has 128 valence electrons. The molecule has 0 aliphatic heterocycles. The van der Waals surface area contributed by atoms with Crippen LogP contribution in [0.5, 0.6) is 0 Å². The molecule has 1 unspecified atom stereocenters.